The van der Waals surface area contributed by atoms with Gasteiger partial charge in [0, 0.05) is 15.7 Å². The molecule has 0 saturated heterocycles. The average Bonchev–Trinajstić information content (AvgIpc) is 2.49. The number of carbonyl (C=O) groups is 1. The van der Waals surface area contributed by atoms with Crippen molar-refractivity contribution in [2.75, 3.05) is 0 Å². The van der Waals surface area contributed by atoms with E-state index in [1.807, 2.05) is 24.3 Å². The van der Waals surface area contributed by atoms with Gasteiger partial charge in [-0.15, -0.1) is 0 Å². The van der Waals surface area contributed by atoms with Crippen LogP contribution in [0.1, 0.15) is 15.9 Å². The van der Waals surface area contributed by atoms with Crippen LogP contribution in [0.25, 0.3) is 0 Å². The van der Waals surface area contributed by atoms with Gasteiger partial charge in [0.1, 0.15) is 5.75 Å². The van der Waals surface area contributed by atoms with E-state index < -0.39 is 10.8 Å². The van der Waals surface area contributed by atoms with Crippen molar-refractivity contribution in [3.63, 3.8) is 0 Å². The number of nitrogens with zero attached hydrogens (tertiary/aromatic N) is 2. The monoisotopic (exact) mass is 411 g/mol. The Balaban J connectivity index is 2.10. The zero-order chi connectivity index (χ0) is 16.1. The van der Waals surface area contributed by atoms with E-state index in [0.29, 0.717) is 0 Å². The van der Waals surface area contributed by atoms with Crippen molar-refractivity contribution in [1.29, 1.82) is 0 Å². The summed E-state index contributed by atoms with van der Waals surface area (Å²) in [7, 11) is 0. The van der Waals surface area contributed by atoms with Gasteiger partial charge in [0.2, 0.25) is 0 Å². The third-order valence-corrected chi connectivity index (χ3v) is 3.40. The number of hydrogen-bond acceptors (Lipinski definition) is 5. The van der Waals surface area contributed by atoms with Gasteiger partial charge in [-0.1, -0.05) is 12.1 Å². The number of phenols is 1. The van der Waals surface area contributed by atoms with Crippen molar-refractivity contribution in [3.8, 4) is 5.75 Å². The third kappa shape index (κ3) is 4.01. The van der Waals surface area contributed by atoms with Crippen LogP contribution in [-0.2, 0) is 0 Å². The molecule has 0 spiro atoms. The first-order valence-electron chi connectivity index (χ1n) is 6.04. The molecule has 8 heteroatoms. The smallest absolute Gasteiger partial charge is 0.275 e. The van der Waals surface area contributed by atoms with Gasteiger partial charge in [0.05, 0.1) is 16.7 Å². The zero-order valence-corrected chi connectivity index (χ0v) is 13.2. The minimum atomic E-state index is -0.733. The van der Waals surface area contributed by atoms with E-state index in [-0.39, 0.29) is 17.0 Å². The predicted molar refractivity (Wildman–Crippen MR) is 89.0 cm³/mol. The average molecular weight is 411 g/mol. The summed E-state index contributed by atoms with van der Waals surface area (Å²) in [6.45, 7) is 0. The number of aromatic hydroxyl groups is 1. The molecule has 0 fully saturated rings. The largest absolute Gasteiger partial charge is 0.507 e. The molecule has 112 valence electrons. The second kappa shape index (κ2) is 6.98. The number of halogens is 1. The van der Waals surface area contributed by atoms with E-state index in [4.69, 9.17) is 0 Å². The Bertz CT molecular complexity index is 744. The lowest BCUT2D eigenvalue weighted by Gasteiger charge is -2.02. The number of carbonyl (C=O) groups excluding carboxylic acids is 1. The lowest BCUT2D eigenvalue weighted by atomic mass is 10.1. The molecule has 0 radical (unpaired) electrons. The topological polar surface area (TPSA) is 105 Å². The van der Waals surface area contributed by atoms with Gasteiger partial charge in [-0.25, -0.2) is 5.43 Å². The van der Waals surface area contributed by atoms with Crippen LogP contribution in [0.3, 0.4) is 0 Å². The Morgan fingerprint density at radius 1 is 1.27 bits per heavy atom. The molecule has 7 nitrogen and oxygen atoms in total. The highest BCUT2D eigenvalue weighted by Gasteiger charge is 2.15. The van der Waals surface area contributed by atoms with Crippen LogP contribution >= 0.6 is 22.6 Å². The van der Waals surface area contributed by atoms with Gasteiger partial charge in [-0.3, -0.25) is 14.9 Å². The van der Waals surface area contributed by atoms with Crippen LogP contribution in [0.4, 0.5) is 5.69 Å². The summed E-state index contributed by atoms with van der Waals surface area (Å²) in [4.78, 5) is 21.9. The van der Waals surface area contributed by atoms with Crippen molar-refractivity contribution in [3.05, 3.63) is 67.3 Å². The standard InChI is InChI=1S/C14H10IN3O4/c15-10-3-1-9(2-4-10)8-16-17-14(20)12-7-11(18(21)22)5-6-13(12)19/h1-8,19H,(H,17,20)/b16-8+. The Morgan fingerprint density at radius 2 is 1.95 bits per heavy atom. The van der Waals surface area contributed by atoms with Crippen molar-refractivity contribution in [1.82, 2.24) is 5.43 Å². The van der Waals surface area contributed by atoms with Crippen LogP contribution in [0.15, 0.2) is 47.6 Å². The normalized spacial score (nSPS) is 10.6. The van der Waals surface area contributed by atoms with E-state index in [1.54, 1.807) is 0 Å². The fourth-order valence-electron chi connectivity index (χ4n) is 1.59. The summed E-state index contributed by atoms with van der Waals surface area (Å²) in [5, 5.41) is 24.0. The van der Waals surface area contributed by atoms with Gasteiger partial charge in [-0.2, -0.15) is 5.10 Å². The number of phenolic OH excluding ortho intramolecular Hbond substituents is 1. The first-order chi connectivity index (χ1) is 10.5. The Labute approximate surface area is 139 Å². The second-order valence-corrected chi connectivity index (χ2v) is 5.45. The molecule has 1 amide bonds. The van der Waals surface area contributed by atoms with Crippen LogP contribution < -0.4 is 5.43 Å². The molecule has 0 aliphatic carbocycles. The summed E-state index contributed by atoms with van der Waals surface area (Å²) < 4.78 is 1.07. The number of non-ortho nitro benzene ring substituents is 1. The molecule has 0 saturated carbocycles. The first-order valence-corrected chi connectivity index (χ1v) is 7.11. The lowest BCUT2D eigenvalue weighted by molar-refractivity contribution is -0.384. The van der Waals surface area contributed by atoms with Crippen LogP contribution in [-0.4, -0.2) is 22.2 Å². The van der Waals surface area contributed by atoms with Crippen LogP contribution in [0.5, 0.6) is 5.75 Å². The third-order valence-electron chi connectivity index (χ3n) is 2.69. The predicted octanol–water partition coefficient (Wildman–Crippen LogP) is 2.67. The number of hydrogen-bond donors (Lipinski definition) is 2. The van der Waals surface area contributed by atoms with Crippen molar-refractivity contribution in [2.45, 2.75) is 0 Å². The molecule has 2 aromatic carbocycles. The van der Waals surface area contributed by atoms with E-state index in [0.717, 1.165) is 27.3 Å². The van der Waals surface area contributed by atoms with Crippen molar-refractivity contribution in [2.24, 2.45) is 5.10 Å². The highest BCUT2D eigenvalue weighted by atomic mass is 127. The summed E-state index contributed by atoms with van der Waals surface area (Å²) in [5.74, 6) is -1.09. The van der Waals surface area contributed by atoms with Crippen LogP contribution in [0.2, 0.25) is 0 Å². The number of rotatable bonds is 4. The van der Waals surface area contributed by atoms with E-state index >= 15 is 0 Å². The SMILES string of the molecule is O=C(N/N=C/c1ccc(I)cc1)c1cc([N+](=O)[O-])ccc1O. The molecule has 0 aromatic heterocycles. The number of nitro benzene ring substituents is 1. The highest BCUT2D eigenvalue weighted by Crippen LogP contribution is 2.22. The van der Waals surface area contributed by atoms with Gasteiger partial charge in [0.25, 0.3) is 11.6 Å². The number of nitrogens with one attached hydrogen (secondary N) is 1. The van der Waals surface area contributed by atoms with E-state index in [1.165, 1.54) is 6.21 Å². The molecule has 0 unspecified atom stereocenters. The number of benzene rings is 2. The number of nitro groups is 1. The summed E-state index contributed by atoms with van der Waals surface area (Å²) in [6.07, 6.45) is 1.43. The summed E-state index contributed by atoms with van der Waals surface area (Å²) >= 11 is 2.17. The maximum atomic E-state index is 11.9. The molecular weight excluding hydrogens is 401 g/mol. The Hall–Kier alpha value is -2.49. The fourth-order valence-corrected chi connectivity index (χ4v) is 1.95. The fraction of sp³-hybridized carbons (Fsp3) is 0. The minimum Gasteiger partial charge on any atom is -0.507 e. The molecule has 0 aliphatic rings. The molecule has 0 heterocycles. The van der Waals surface area contributed by atoms with Gasteiger partial charge < -0.3 is 5.11 Å². The maximum Gasteiger partial charge on any atom is 0.275 e. The van der Waals surface area contributed by atoms with Gasteiger partial charge in [-0.05, 0) is 46.4 Å². The highest BCUT2D eigenvalue weighted by molar-refractivity contribution is 14.1. The van der Waals surface area contributed by atoms with Gasteiger partial charge in [0.15, 0.2) is 0 Å². The minimum absolute atomic E-state index is 0.214. The number of amides is 1. The summed E-state index contributed by atoms with van der Waals surface area (Å²) in [5.41, 5.74) is 2.50. The summed E-state index contributed by atoms with van der Waals surface area (Å²) in [6, 6.07) is 10.6. The first kappa shape index (κ1) is 15.9. The zero-order valence-electron chi connectivity index (χ0n) is 11.1. The Morgan fingerprint density at radius 3 is 2.59 bits per heavy atom. The van der Waals surface area contributed by atoms with E-state index in [9.17, 15) is 20.0 Å². The van der Waals surface area contributed by atoms with Crippen molar-refractivity contribution < 1.29 is 14.8 Å². The molecule has 0 aliphatic heterocycles. The Kier molecular flexibility index (Phi) is 5.04. The quantitative estimate of drug-likeness (QED) is 0.349. The molecule has 0 bridgehead atoms. The molecule has 0 atom stereocenters. The molecule has 2 N–H and O–H groups in total. The maximum absolute atomic E-state index is 11.9. The molecule has 2 aromatic rings. The van der Waals surface area contributed by atoms with E-state index in [2.05, 4.69) is 33.1 Å². The van der Waals surface area contributed by atoms with Gasteiger partial charge >= 0.3 is 0 Å². The van der Waals surface area contributed by atoms with Crippen molar-refractivity contribution >= 4 is 40.4 Å². The molecule has 2 rings (SSSR count). The van der Waals surface area contributed by atoms with Crippen LogP contribution in [0, 0.1) is 13.7 Å². The molecular formula is C14H10IN3O4. The second-order valence-electron chi connectivity index (χ2n) is 4.21. The lowest BCUT2D eigenvalue weighted by Crippen LogP contribution is -2.18. The number of hydrazone groups is 1. The molecule has 22 heavy (non-hydrogen) atoms.